The zero-order valence-corrected chi connectivity index (χ0v) is 11.5. The summed E-state index contributed by atoms with van der Waals surface area (Å²) in [6, 6.07) is 3.09. The van der Waals surface area contributed by atoms with Crippen LogP contribution in [-0.4, -0.2) is 0 Å². The van der Waals surface area contributed by atoms with Gasteiger partial charge in [0.25, 0.3) is 0 Å². The lowest BCUT2D eigenvalue weighted by Crippen LogP contribution is -2.12. The van der Waals surface area contributed by atoms with Crippen molar-refractivity contribution in [2.45, 2.75) is 38.4 Å². The fourth-order valence-corrected chi connectivity index (χ4v) is 1.82. The van der Waals surface area contributed by atoms with Gasteiger partial charge in [-0.15, -0.1) is 12.4 Å². The van der Waals surface area contributed by atoms with Gasteiger partial charge in [-0.2, -0.15) is 13.2 Å². The van der Waals surface area contributed by atoms with E-state index in [0.29, 0.717) is 12.0 Å². The quantitative estimate of drug-likeness (QED) is 0.835. The van der Waals surface area contributed by atoms with E-state index >= 15 is 0 Å². The predicted molar refractivity (Wildman–Crippen MR) is 70.2 cm³/mol. The normalized spacial score (nSPS) is 13.0. The third-order valence-electron chi connectivity index (χ3n) is 2.54. The molecule has 0 spiro atoms. The van der Waals surface area contributed by atoms with Crippen molar-refractivity contribution in [2.24, 2.45) is 5.73 Å². The first-order chi connectivity index (χ1) is 7.84. The molecule has 1 rings (SSSR count). The van der Waals surface area contributed by atoms with E-state index in [1.165, 1.54) is 6.07 Å². The predicted octanol–water partition coefficient (Wildman–Crippen LogP) is 4.97. The Bertz CT molecular complexity index is 380. The third-order valence-corrected chi connectivity index (χ3v) is 2.76. The molecule has 0 aliphatic rings. The van der Waals surface area contributed by atoms with Crippen LogP contribution in [0.1, 0.15) is 43.4 Å². The average Bonchev–Trinajstić information content (AvgIpc) is 2.23. The molecule has 0 bridgehead atoms. The number of benzene rings is 1. The van der Waals surface area contributed by atoms with E-state index in [2.05, 4.69) is 0 Å². The second kappa shape index (κ2) is 7.22. The zero-order valence-electron chi connectivity index (χ0n) is 9.93. The van der Waals surface area contributed by atoms with Crippen molar-refractivity contribution >= 4 is 24.0 Å². The first-order valence-corrected chi connectivity index (χ1v) is 5.85. The summed E-state index contributed by atoms with van der Waals surface area (Å²) in [5, 5.41) is 0.0711. The first kappa shape index (κ1) is 17.6. The maximum atomic E-state index is 12.6. The molecular weight excluding hydrogens is 286 g/mol. The third kappa shape index (κ3) is 5.04. The molecule has 18 heavy (non-hydrogen) atoms. The van der Waals surface area contributed by atoms with Crippen LogP contribution in [0, 0.1) is 0 Å². The maximum absolute atomic E-state index is 12.6. The molecule has 1 aromatic carbocycles. The summed E-state index contributed by atoms with van der Waals surface area (Å²) in [5.74, 6) is 0. The van der Waals surface area contributed by atoms with Gasteiger partial charge in [0.05, 0.1) is 5.56 Å². The van der Waals surface area contributed by atoms with E-state index < -0.39 is 17.8 Å². The highest BCUT2D eigenvalue weighted by Crippen LogP contribution is 2.33. The summed E-state index contributed by atoms with van der Waals surface area (Å²) in [4.78, 5) is 0. The molecule has 0 radical (unpaired) electrons. The van der Waals surface area contributed by atoms with E-state index in [4.69, 9.17) is 17.3 Å². The van der Waals surface area contributed by atoms with Crippen LogP contribution in [0.25, 0.3) is 0 Å². The summed E-state index contributed by atoms with van der Waals surface area (Å²) in [6.07, 6.45) is -1.88. The fraction of sp³-hybridized carbons (Fsp3) is 0.500. The maximum Gasteiger partial charge on any atom is 0.416 e. The van der Waals surface area contributed by atoms with E-state index in [-0.39, 0.29) is 17.4 Å². The number of unbranched alkanes of at least 4 members (excludes halogenated alkanes) is 1. The number of halogens is 5. The number of hydrogen-bond acceptors (Lipinski definition) is 1. The van der Waals surface area contributed by atoms with Crippen molar-refractivity contribution in [2.75, 3.05) is 0 Å². The summed E-state index contributed by atoms with van der Waals surface area (Å²) in [5.41, 5.74) is 5.54. The van der Waals surface area contributed by atoms with E-state index in [1.54, 1.807) is 0 Å². The van der Waals surface area contributed by atoms with Crippen molar-refractivity contribution in [3.05, 3.63) is 34.3 Å². The molecule has 0 heterocycles. The smallest absolute Gasteiger partial charge is 0.324 e. The number of rotatable bonds is 4. The Morgan fingerprint density at radius 2 is 1.89 bits per heavy atom. The summed E-state index contributed by atoms with van der Waals surface area (Å²) in [6.45, 7) is 2.01. The highest BCUT2D eigenvalue weighted by atomic mass is 35.5. The van der Waals surface area contributed by atoms with E-state index in [9.17, 15) is 13.2 Å². The van der Waals surface area contributed by atoms with Crippen LogP contribution in [0.15, 0.2) is 18.2 Å². The van der Waals surface area contributed by atoms with E-state index in [1.807, 2.05) is 6.92 Å². The molecule has 2 N–H and O–H groups in total. The minimum absolute atomic E-state index is 0. The van der Waals surface area contributed by atoms with Crippen LogP contribution >= 0.6 is 24.0 Å². The molecule has 6 heteroatoms. The lowest BCUT2D eigenvalue weighted by molar-refractivity contribution is -0.137. The van der Waals surface area contributed by atoms with Crippen molar-refractivity contribution in [3.8, 4) is 0 Å². The summed E-state index contributed by atoms with van der Waals surface area (Å²) >= 11 is 5.68. The van der Waals surface area contributed by atoms with Crippen molar-refractivity contribution in [3.63, 3.8) is 0 Å². The Morgan fingerprint density at radius 1 is 1.28 bits per heavy atom. The van der Waals surface area contributed by atoms with Crippen molar-refractivity contribution in [1.29, 1.82) is 0 Å². The summed E-state index contributed by atoms with van der Waals surface area (Å²) < 4.78 is 37.7. The van der Waals surface area contributed by atoms with E-state index in [0.717, 1.165) is 25.0 Å². The van der Waals surface area contributed by atoms with Crippen LogP contribution in [0.3, 0.4) is 0 Å². The lowest BCUT2D eigenvalue weighted by atomic mass is 10.00. The number of nitrogens with two attached hydrogens (primary N) is 1. The molecule has 0 aliphatic heterocycles. The average molecular weight is 302 g/mol. The monoisotopic (exact) mass is 301 g/mol. The van der Waals surface area contributed by atoms with Gasteiger partial charge in [-0.1, -0.05) is 31.4 Å². The van der Waals surface area contributed by atoms with Crippen LogP contribution in [0.2, 0.25) is 5.02 Å². The van der Waals surface area contributed by atoms with Gasteiger partial charge in [-0.05, 0) is 30.2 Å². The van der Waals surface area contributed by atoms with Crippen molar-refractivity contribution in [1.82, 2.24) is 0 Å². The van der Waals surface area contributed by atoms with Gasteiger partial charge < -0.3 is 5.73 Å². The van der Waals surface area contributed by atoms with Crippen LogP contribution in [0.4, 0.5) is 13.2 Å². The van der Waals surface area contributed by atoms with Gasteiger partial charge in [0.1, 0.15) is 0 Å². The molecule has 0 aromatic heterocycles. The Kier molecular flexibility index (Phi) is 7.04. The topological polar surface area (TPSA) is 26.0 Å². The highest BCUT2D eigenvalue weighted by molar-refractivity contribution is 6.30. The molecular formula is C12H16Cl2F3N. The van der Waals surface area contributed by atoms with Crippen LogP contribution in [-0.2, 0) is 6.18 Å². The second-order valence-electron chi connectivity index (χ2n) is 4.02. The van der Waals surface area contributed by atoms with Crippen molar-refractivity contribution < 1.29 is 13.2 Å². The van der Waals surface area contributed by atoms with Crippen LogP contribution in [0.5, 0.6) is 0 Å². The molecule has 0 amide bonds. The molecule has 1 atom stereocenters. The van der Waals surface area contributed by atoms with Gasteiger partial charge in [0.15, 0.2) is 0 Å². The molecule has 104 valence electrons. The lowest BCUT2D eigenvalue weighted by Gasteiger charge is -2.15. The van der Waals surface area contributed by atoms with Gasteiger partial charge in [-0.3, -0.25) is 0 Å². The van der Waals surface area contributed by atoms with Crippen LogP contribution < -0.4 is 5.73 Å². The van der Waals surface area contributed by atoms with Gasteiger partial charge >= 0.3 is 6.18 Å². The highest BCUT2D eigenvalue weighted by Gasteiger charge is 2.31. The molecule has 1 aromatic rings. The van der Waals surface area contributed by atoms with Gasteiger partial charge in [-0.25, -0.2) is 0 Å². The molecule has 0 aliphatic carbocycles. The minimum atomic E-state index is -4.38. The minimum Gasteiger partial charge on any atom is -0.324 e. The molecule has 0 saturated carbocycles. The molecule has 1 nitrogen and oxygen atoms in total. The molecule has 0 saturated heterocycles. The summed E-state index contributed by atoms with van der Waals surface area (Å²) in [7, 11) is 0. The molecule has 0 unspecified atom stereocenters. The van der Waals surface area contributed by atoms with Gasteiger partial charge in [0, 0.05) is 11.1 Å². The Balaban J connectivity index is 0.00000289. The number of alkyl halides is 3. The SMILES string of the molecule is CCCC[C@@H](N)c1cc(Cl)cc(C(F)(F)F)c1.Cl. The van der Waals surface area contributed by atoms with Gasteiger partial charge in [0.2, 0.25) is 0 Å². The second-order valence-corrected chi connectivity index (χ2v) is 4.46. The largest absolute Gasteiger partial charge is 0.416 e. The Labute approximate surface area is 116 Å². The Hall–Kier alpha value is -0.450. The zero-order chi connectivity index (χ0) is 13.1. The standard InChI is InChI=1S/C12H15ClF3N.ClH/c1-2-3-4-11(17)8-5-9(12(14,15)16)7-10(13)6-8;/h5-7,11H,2-4,17H2,1H3;1H/t11-;/m1./s1. The Morgan fingerprint density at radius 3 is 2.39 bits per heavy atom. The first-order valence-electron chi connectivity index (χ1n) is 5.48. The molecule has 0 fully saturated rings. The fourth-order valence-electron chi connectivity index (χ4n) is 1.58. The number of hydrogen-bond donors (Lipinski definition) is 1.